The Hall–Kier alpha value is -6.37. The summed E-state index contributed by atoms with van der Waals surface area (Å²) in [5, 5.41) is 4.60. The van der Waals surface area contributed by atoms with Gasteiger partial charge < -0.3 is 8.98 Å². The van der Waals surface area contributed by atoms with Crippen LogP contribution in [0.1, 0.15) is 0 Å². The number of fused-ring (bicyclic) bond motifs is 6. The summed E-state index contributed by atoms with van der Waals surface area (Å²) >= 11 is 0. The number of para-hydroxylation sites is 3. The van der Waals surface area contributed by atoms with Gasteiger partial charge in [0.2, 0.25) is 0 Å². The molecule has 3 nitrogen and oxygen atoms in total. The SMILES string of the molecule is [C-]#[N+]c1cc(-c2cccc(-c3cc(-c4ccccc4)c4oc5ccccc5c4c3)c2)cc(-n2c3ccccc3c3ccccc32)c1. The summed E-state index contributed by atoms with van der Waals surface area (Å²) in [4.78, 5) is 3.90. The van der Waals surface area contributed by atoms with Crippen molar-refractivity contribution in [3.8, 4) is 39.1 Å². The van der Waals surface area contributed by atoms with Gasteiger partial charge in [0.15, 0.2) is 5.69 Å². The second kappa shape index (κ2) is 10.4. The lowest BCUT2D eigenvalue weighted by atomic mass is 9.94. The number of hydrogen-bond acceptors (Lipinski definition) is 1. The summed E-state index contributed by atoms with van der Waals surface area (Å²) in [5.41, 5.74) is 12.1. The number of rotatable bonds is 4. The molecule has 0 N–H and O–H groups in total. The van der Waals surface area contributed by atoms with E-state index >= 15 is 0 Å². The zero-order valence-electron chi connectivity index (χ0n) is 24.8. The Kier molecular flexibility index (Phi) is 5.88. The molecule has 0 bridgehead atoms. The molecular weight excluding hydrogens is 560 g/mol. The average Bonchev–Trinajstić information content (AvgIpc) is 3.67. The van der Waals surface area contributed by atoms with Crippen molar-refractivity contribution in [2.45, 2.75) is 0 Å². The predicted octanol–water partition coefficient (Wildman–Crippen LogP) is 12.2. The number of benzene rings is 7. The fraction of sp³-hybridized carbons (Fsp3) is 0. The van der Waals surface area contributed by atoms with E-state index in [1.807, 2.05) is 30.3 Å². The minimum atomic E-state index is 0.609. The van der Waals surface area contributed by atoms with Crippen LogP contribution in [0.25, 0.3) is 87.7 Å². The molecule has 0 aliphatic heterocycles. The minimum absolute atomic E-state index is 0.609. The fourth-order valence-electron chi connectivity index (χ4n) is 6.86. The number of nitrogens with zero attached hydrogens (tertiary/aromatic N) is 2. The number of hydrogen-bond donors (Lipinski definition) is 0. The summed E-state index contributed by atoms with van der Waals surface area (Å²) < 4.78 is 8.70. The Bertz CT molecular complexity index is 2600. The normalized spacial score (nSPS) is 11.5. The maximum absolute atomic E-state index is 7.97. The van der Waals surface area contributed by atoms with Crippen molar-refractivity contribution in [2.75, 3.05) is 0 Å². The lowest BCUT2D eigenvalue weighted by Gasteiger charge is -2.13. The van der Waals surface area contributed by atoms with E-state index in [2.05, 4.69) is 137 Å². The Balaban J connectivity index is 1.24. The second-order valence-electron chi connectivity index (χ2n) is 11.7. The first-order valence-corrected chi connectivity index (χ1v) is 15.4. The van der Waals surface area contributed by atoms with Crippen LogP contribution < -0.4 is 0 Å². The molecule has 9 rings (SSSR count). The van der Waals surface area contributed by atoms with Gasteiger partial charge in [0.1, 0.15) is 11.2 Å². The quantitative estimate of drug-likeness (QED) is 0.188. The first kappa shape index (κ1) is 26.1. The van der Waals surface area contributed by atoms with Crippen molar-refractivity contribution >= 4 is 49.4 Å². The molecule has 0 spiro atoms. The molecule has 0 unspecified atom stereocenters. The largest absolute Gasteiger partial charge is 0.455 e. The second-order valence-corrected chi connectivity index (χ2v) is 11.7. The lowest BCUT2D eigenvalue weighted by Crippen LogP contribution is -1.94. The van der Waals surface area contributed by atoms with Crippen LogP contribution in [0, 0.1) is 6.57 Å². The highest BCUT2D eigenvalue weighted by Crippen LogP contribution is 2.41. The molecule has 2 heterocycles. The number of furan rings is 1. The van der Waals surface area contributed by atoms with Crippen molar-refractivity contribution in [2.24, 2.45) is 0 Å². The van der Waals surface area contributed by atoms with Crippen LogP contribution in [-0.4, -0.2) is 4.57 Å². The van der Waals surface area contributed by atoms with E-state index < -0.39 is 0 Å². The Morgan fingerprint density at radius 3 is 1.78 bits per heavy atom. The van der Waals surface area contributed by atoms with Gasteiger partial charge in [-0.1, -0.05) is 103 Å². The van der Waals surface area contributed by atoms with E-state index in [1.54, 1.807) is 0 Å². The van der Waals surface area contributed by atoms with Gasteiger partial charge in [0.25, 0.3) is 0 Å². The fourth-order valence-corrected chi connectivity index (χ4v) is 6.86. The third-order valence-corrected chi connectivity index (χ3v) is 8.96. The van der Waals surface area contributed by atoms with Crippen molar-refractivity contribution in [3.63, 3.8) is 0 Å². The third-order valence-electron chi connectivity index (χ3n) is 8.96. The zero-order valence-corrected chi connectivity index (χ0v) is 24.8. The van der Waals surface area contributed by atoms with Gasteiger partial charge in [0, 0.05) is 32.8 Å². The first-order chi connectivity index (χ1) is 22.7. The van der Waals surface area contributed by atoms with Gasteiger partial charge >= 0.3 is 0 Å². The molecule has 0 saturated heterocycles. The summed E-state index contributed by atoms with van der Waals surface area (Å²) in [7, 11) is 0. The molecule has 46 heavy (non-hydrogen) atoms. The molecule has 0 aliphatic rings. The molecule has 9 aromatic rings. The molecule has 7 aromatic carbocycles. The van der Waals surface area contributed by atoms with Crippen LogP contribution in [0.5, 0.6) is 0 Å². The highest BCUT2D eigenvalue weighted by Gasteiger charge is 2.17. The Morgan fingerprint density at radius 1 is 0.457 bits per heavy atom. The topological polar surface area (TPSA) is 22.4 Å². The van der Waals surface area contributed by atoms with Crippen molar-refractivity contribution in [3.05, 3.63) is 169 Å². The summed E-state index contributed by atoms with van der Waals surface area (Å²) in [6, 6.07) is 54.9. The summed E-state index contributed by atoms with van der Waals surface area (Å²) in [6.07, 6.45) is 0. The van der Waals surface area contributed by atoms with E-state index in [0.717, 1.165) is 72.0 Å². The molecule has 0 radical (unpaired) electrons. The maximum Gasteiger partial charge on any atom is 0.189 e. The highest BCUT2D eigenvalue weighted by molar-refractivity contribution is 6.12. The molecule has 0 fully saturated rings. The Morgan fingerprint density at radius 2 is 1.07 bits per heavy atom. The van der Waals surface area contributed by atoms with Crippen molar-refractivity contribution < 1.29 is 4.42 Å². The average molecular weight is 587 g/mol. The van der Waals surface area contributed by atoms with E-state index in [4.69, 9.17) is 11.0 Å². The molecule has 0 aliphatic carbocycles. The maximum atomic E-state index is 7.97. The van der Waals surface area contributed by atoms with Crippen molar-refractivity contribution in [1.29, 1.82) is 0 Å². The van der Waals surface area contributed by atoms with Gasteiger partial charge in [-0.25, -0.2) is 4.85 Å². The van der Waals surface area contributed by atoms with E-state index in [-0.39, 0.29) is 0 Å². The highest BCUT2D eigenvalue weighted by atomic mass is 16.3. The van der Waals surface area contributed by atoms with Crippen LogP contribution in [-0.2, 0) is 0 Å². The lowest BCUT2D eigenvalue weighted by molar-refractivity contribution is 0.670. The van der Waals surface area contributed by atoms with Crippen LogP contribution >= 0.6 is 0 Å². The summed E-state index contributed by atoms with van der Waals surface area (Å²) in [5.74, 6) is 0. The standard InChI is InChI=1S/C43H26N2O/c1-44-33-23-31(24-34(27-33)45-40-19-8-5-16-35(40)36-17-6-9-20-41(36)45)29-14-11-15-30(22-29)32-25-38(28-12-3-2-4-13-28)43-39(26-32)37-18-7-10-21-42(37)46-43/h2-27H. The van der Waals surface area contributed by atoms with Gasteiger partial charge in [-0.15, -0.1) is 0 Å². The predicted molar refractivity (Wildman–Crippen MR) is 191 cm³/mol. The molecule has 2 aromatic heterocycles. The van der Waals surface area contributed by atoms with Gasteiger partial charge in [-0.2, -0.15) is 0 Å². The molecule has 214 valence electrons. The number of aromatic nitrogens is 1. The van der Waals surface area contributed by atoms with E-state index in [0.29, 0.717) is 5.69 Å². The molecule has 0 amide bonds. The van der Waals surface area contributed by atoms with Crippen LogP contribution in [0.15, 0.2) is 162 Å². The van der Waals surface area contributed by atoms with Crippen LogP contribution in [0.3, 0.4) is 0 Å². The summed E-state index contributed by atoms with van der Waals surface area (Å²) in [6.45, 7) is 7.97. The van der Waals surface area contributed by atoms with Crippen molar-refractivity contribution in [1.82, 2.24) is 4.57 Å². The van der Waals surface area contributed by atoms with Crippen LogP contribution in [0.4, 0.5) is 5.69 Å². The van der Waals surface area contributed by atoms with Crippen LogP contribution in [0.2, 0.25) is 0 Å². The van der Waals surface area contributed by atoms with E-state index in [1.165, 1.54) is 10.8 Å². The molecular formula is C43H26N2O. The minimum Gasteiger partial charge on any atom is -0.455 e. The van der Waals surface area contributed by atoms with Gasteiger partial charge in [-0.05, 0) is 82.4 Å². The molecule has 3 heteroatoms. The third kappa shape index (κ3) is 4.13. The molecule has 0 saturated carbocycles. The van der Waals surface area contributed by atoms with Gasteiger partial charge in [0.05, 0.1) is 17.6 Å². The zero-order chi connectivity index (χ0) is 30.6. The smallest absolute Gasteiger partial charge is 0.189 e. The molecule has 0 atom stereocenters. The van der Waals surface area contributed by atoms with E-state index in [9.17, 15) is 0 Å². The Labute approximate surface area is 266 Å². The van der Waals surface area contributed by atoms with Gasteiger partial charge in [-0.3, -0.25) is 0 Å². The first-order valence-electron chi connectivity index (χ1n) is 15.4. The monoisotopic (exact) mass is 586 g/mol.